The van der Waals surface area contributed by atoms with Gasteiger partial charge in [0, 0.05) is 61.7 Å². The summed E-state index contributed by atoms with van der Waals surface area (Å²) in [7, 11) is 0. The van der Waals surface area contributed by atoms with Gasteiger partial charge in [0.2, 0.25) is 0 Å². The van der Waals surface area contributed by atoms with E-state index >= 15 is 0 Å². The summed E-state index contributed by atoms with van der Waals surface area (Å²) in [6.07, 6.45) is 0. The highest BCUT2D eigenvalue weighted by atomic mass is 15.1. The number of hydrogen-bond acceptors (Lipinski definition) is 6. The van der Waals surface area contributed by atoms with Crippen molar-refractivity contribution in [3.8, 4) is 74.0 Å². The average molecular weight is 1040 g/mol. The largest absolute Gasteiger partial charge is 0.310 e. The Balaban J connectivity index is 0.851. The van der Waals surface area contributed by atoms with Gasteiger partial charge in [0.15, 0.2) is 11.5 Å². The van der Waals surface area contributed by atoms with Crippen molar-refractivity contribution in [1.29, 1.82) is 10.5 Å². The van der Waals surface area contributed by atoms with Gasteiger partial charge in [-0.15, -0.1) is 0 Å². The summed E-state index contributed by atoms with van der Waals surface area (Å²) in [5, 5.41) is 21.1. The van der Waals surface area contributed by atoms with Gasteiger partial charge in [-0.05, 0) is 173 Å². The standard InChI is InChI=1S/C73H46N8/c1-76-70-44-57(69-47-68(55-26-22-50(48-74)23-27-55)77-73(78-69)56-28-24-51(49-75)25-29-56)36-41-65(70)54-32-30-52(31-33-54)53-34-37-62(38-35-53)81-71-42-39-63(79(58-14-6-2-7-15-58)59-16-8-3-9-17-59)45-66(71)67-46-64(40-43-72(67)81)80(60-18-10-4-11-19-60)61-20-12-5-13-21-61/h2-47H. The number of benzene rings is 11. The third kappa shape index (κ3) is 9.57. The number of fused-ring (bicyclic) bond motifs is 3. The van der Waals surface area contributed by atoms with Crippen LogP contribution in [-0.4, -0.2) is 14.5 Å². The van der Waals surface area contributed by atoms with Crippen molar-refractivity contribution in [2.45, 2.75) is 0 Å². The van der Waals surface area contributed by atoms with Crippen LogP contribution in [0.25, 0.3) is 88.5 Å². The summed E-state index contributed by atoms with van der Waals surface area (Å²) in [5.74, 6) is 0.482. The number of hydrogen-bond donors (Lipinski definition) is 0. The highest BCUT2D eigenvalue weighted by molar-refractivity contribution is 6.12. The molecule has 0 aliphatic rings. The molecule has 81 heavy (non-hydrogen) atoms. The van der Waals surface area contributed by atoms with E-state index < -0.39 is 0 Å². The smallest absolute Gasteiger partial charge is 0.195 e. The Morgan fingerprint density at radius 3 is 1.20 bits per heavy atom. The van der Waals surface area contributed by atoms with Crippen molar-refractivity contribution in [1.82, 2.24) is 14.5 Å². The molecule has 0 unspecified atom stereocenters. The second-order valence-corrected chi connectivity index (χ2v) is 19.6. The van der Waals surface area contributed by atoms with Gasteiger partial charge >= 0.3 is 0 Å². The lowest BCUT2D eigenvalue weighted by atomic mass is 9.97. The number of aromatic nitrogens is 3. The van der Waals surface area contributed by atoms with Gasteiger partial charge in [0.05, 0.1) is 52.3 Å². The Kier molecular flexibility index (Phi) is 12.9. The third-order valence-corrected chi connectivity index (χ3v) is 14.7. The van der Waals surface area contributed by atoms with Crippen LogP contribution in [0.3, 0.4) is 0 Å². The van der Waals surface area contributed by atoms with E-state index in [4.69, 9.17) is 16.5 Å². The van der Waals surface area contributed by atoms with Gasteiger partial charge in [-0.2, -0.15) is 10.5 Å². The molecule has 0 aliphatic carbocycles. The van der Waals surface area contributed by atoms with E-state index in [1.54, 1.807) is 24.3 Å². The molecule has 0 fully saturated rings. The van der Waals surface area contributed by atoms with Crippen LogP contribution in [0, 0.1) is 29.2 Å². The van der Waals surface area contributed by atoms with Gasteiger partial charge in [-0.3, -0.25) is 0 Å². The summed E-state index contributed by atoms with van der Waals surface area (Å²) in [4.78, 5) is 18.5. The van der Waals surface area contributed by atoms with E-state index in [-0.39, 0.29) is 0 Å². The summed E-state index contributed by atoms with van der Waals surface area (Å²) in [5.41, 5.74) is 18.7. The zero-order valence-electron chi connectivity index (χ0n) is 43.6. The van der Waals surface area contributed by atoms with Gasteiger partial charge in [0.25, 0.3) is 0 Å². The van der Waals surface area contributed by atoms with Crippen LogP contribution >= 0.6 is 0 Å². The fraction of sp³-hybridized carbons (Fsp3) is 0. The number of nitriles is 2. The van der Waals surface area contributed by atoms with E-state index in [0.29, 0.717) is 34.0 Å². The molecule has 0 saturated heterocycles. The lowest BCUT2D eigenvalue weighted by Gasteiger charge is -2.26. The molecular weight excluding hydrogens is 989 g/mol. The molecule has 13 aromatic rings. The number of rotatable bonds is 12. The predicted octanol–water partition coefficient (Wildman–Crippen LogP) is 19.1. The first-order valence-corrected chi connectivity index (χ1v) is 26.5. The van der Waals surface area contributed by atoms with Crippen molar-refractivity contribution < 1.29 is 0 Å². The molecule has 0 atom stereocenters. The van der Waals surface area contributed by atoms with Crippen LogP contribution in [-0.2, 0) is 0 Å². The minimum absolute atomic E-state index is 0.482. The fourth-order valence-electron chi connectivity index (χ4n) is 10.7. The van der Waals surface area contributed by atoms with Crippen molar-refractivity contribution in [3.05, 3.63) is 302 Å². The zero-order chi connectivity index (χ0) is 54.7. The molecule has 8 nitrogen and oxygen atoms in total. The molecule has 11 aromatic carbocycles. The molecule has 0 N–H and O–H groups in total. The molecule has 0 aliphatic heterocycles. The molecule has 8 heteroatoms. The minimum Gasteiger partial charge on any atom is -0.310 e. The van der Waals surface area contributed by atoms with E-state index in [9.17, 15) is 10.5 Å². The quantitative estimate of drug-likeness (QED) is 0.113. The molecule has 0 saturated carbocycles. The molecule has 0 spiro atoms. The molecule has 378 valence electrons. The molecule has 0 radical (unpaired) electrons. The maximum atomic E-state index is 9.44. The van der Waals surface area contributed by atoms with E-state index in [2.05, 4.69) is 238 Å². The van der Waals surface area contributed by atoms with Gasteiger partial charge < -0.3 is 14.4 Å². The lowest BCUT2D eigenvalue weighted by molar-refractivity contribution is 1.18. The van der Waals surface area contributed by atoms with Crippen LogP contribution in [0.2, 0.25) is 0 Å². The predicted molar refractivity (Wildman–Crippen MR) is 329 cm³/mol. The van der Waals surface area contributed by atoms with Crippen LogP contribution in [0.4, 0.5) is 39.8 Å². The number of para-hydroxylation sites is 4. The Labute approximate surface area is 469 Å². The van der Waals surface area contributed by atoms with Crippen molar-refractivity contribution in [2.75, 3.05) is 9.80 Å². The van der Waals surface area contributed by atoms with Crippen LogP contribution < -0.4 is 9.80 Å². The fourth-order valence-corrected chi connectivity index (χ4v) is 10.7. The van der Waals surface area contributed by atoms with Gasteiger partial charge in [0.1, 0.15) is 0 Å². The lowest BCUT2D eigenvalue weighted by Crippen LogP contribution is -2.09. The normalized spacial score (nSPS) is 10.9. The Morgan fingerprint density at radius 2 is 0.753 bits per heavy atom. The summed E-state index contributed by atoms with van der Waals surface area (Å²) in [6.45, 7) is 8.31. The Morgan fingerprint density at radius 1 is 0.358 bits per heavy atom. The number of anilines is 6. The second kappa shape index (κ2) is 21.4. The minimum atomic E-state index is 0.482. The van der Waals surface area contributed by atoms with Crippen molar-refractivity contribution in [3.63, 3.8) is 0 Å². The van der Waals surface area contributed by atoms with Crippen molar-refractivity contribution in [2.24, 2.45) is 0 Å². The van der Waals surface area contributed by atoms with Crippen LogP contribution in [0.1, 0.15) is 11.1 Å². The van der Waals surface area contributed by atoms with Gasteiger partial charge in [-0.1, -0.05) is 133 Å². The first-order chi connectivity index (χ1) is 40.0. The summed E-state index contributed by atoms with van der Waals surface area (Å²) >= 11 is 0. The maximum absolute atomic E-state index is 9.44. The first kappa shape index (κ1) is 49.0. The first-order valence-electron chi connectivity index (χ1n) is 26.5. The van der Waals surface area contributed by atoms with Crippen LogP contribution in [0.15, 0.2) is 279 Å². The Bertz CT molecular complexity index is 4260. The van der Waals surface area contributed by atoms with Crippen LogP contribution in [0.5, 0.6) is 0 Å². The highest BCUT2D eigenvalue weighted by Gasteiger charge is 2.21. The van der Waals surface area contributed by atoms with Crippen molar-refractivity contribution >= 4 is 61.6 Å². The molecule has 2 heterocycles. The van der Waals surface area contributed by atoms with E-state index in [0.717, 1.165) is 101 Å². The third-order valence-electron chi connectivity index (χ3n) is 14.7. The average Bonchev–Trinajstić information content (AvgIpc) is 4.14. The monoisotopic (exact) mass is 1030 g/mol. The topological polar surface area (TPSA) is 89.1 Å². The SMILES string of the molecule is [C-]#[N+]c1cc(-c2cc(-c3ccc(C#N)cc3)nc(-c3ccc(C#N)cc3)n2)ccc1-c1ccc(-c2ccc(-n3c4ccc(N(c5ccccc5)c5ccccc5)cc4c4cc(N(c5ccccc5)c5ccccc5)ccc43)cc2)cc1. The summed E-state index contributed by atoms with van der Waals surface area (Å²) < 4.78 is 2.37. The second-order valence-electron chi connectivity index (χ2n) is 19.6. The maximum Gasteiger partial charge on any atom is 0.195 e. The summed E-state index contributed by atoms with van der Waals surface area (Å²) in [6, 6.07) is 99.4. The van der Waals surface area contributed by atoms with E-state index in [1.165, 1.54) is 0 Å². The molecule has 0 bridgehead atoms. The number of nitrogens with zero attached hydrogens (tertiary/aromatic N) is 8. The van der Waals surface area contributed by atoms with Gasteiger partial charge in [-0.25, -0.2) is 14.8 Å². The molecule has 0 amide bonds. The Hall–Kier alpha value is -11.6. The zero-order valence-corrected chi connectivity index (χ0v) is 43.6. The molecule has 2 aromatic heterocycles. The van der Waals surface area contributed by atoms with E-state index in [1.807, 2.05) is 48.5 Å². The molecule has 13 rings (SSSR count). The highest BCUT2D eigenvalue weighted by Crippen LogP contribution is 2.44. The molecular formula is C73H46N8.